The number of hydrogen-bond donors (Lipinski definition) is 0. The molecule has 5 rings (SSSR count). The molecule has 212 valence electrons. The van der Waals surface area contributed by atoms with Gasteiger partial charge in [0.1, 0.15) is 23.9 Å². The summed E-state index contributed by atoms with van der Waals surface area (Å²) in [6.45, 7) is 5.68. The Hall–Kier alpha value is -3.38. The molecule has 0 spiro atoms. The number of benzene rings is 3. The summed E-state index contributed by atoms with van der Waals surface area (Å²) in [7, 11) is 3.04. The summed E-state index contributed by atoms with van der Waals surface area (Å²) in [5.74, 6) is 1.65. The van der Waals surface area contributed by atoms with Gasteiger partial charge in [-0.1, -0.05) is 30.3 Å². The van der Waals surface area contributed by atoms with E-state index in [0.717, 1.165) is 47.4 Å². The standard InChI is InChI=1S/C34H40FNO4/c1-22-8-9-23(2)36(22)20-27-16-24(10-14-30(27)32-18-28(38-3)13-15-33(32)35)21-40-29-7-5-6-26(17-29)31(25-11-12-25)19-34(37)39-4/h5-7,10,13-18,22-23,25,31H,8-9,11-12,19-21H2,1-4H3/t22-,23-,31+/m1/s1. The lowest BCUT2D eigenvalue weighted by Gasteiger charge is -2.27. The molecule has 3 atom stereocenters. The molecule has 5 nitrogen and oxygen atoms in total. The molecule has 1 heterocycles. The lowest BCUT2D eigenvalue weighted by atomic mass is 9.91. The molecule has 2 aliphatic rings. The Labute approximate surface area is 237 Å². The number of carbonyl (C=O) groups excluding carboxylic acids is 1. The van der Waals surface area contributed by atoms with Crippen LogP contribution in [0, 0.1) is 11.7 Å². The quantitative estimate of drug-likeness (QED) is 0.233. The molecule has 1 saturated carbocycles. The molecule has 2 fully saturated rings. The maximum Gasteiger partial charge on any atom is 0.306 e. The summed E-state index contributed by atoms with van der Waals surface area (Å²) in [4.78, 5) is 14.5. The van der Waals surface area contributed by atoms with Crippen LogP contribution in [0.15, 0.2) is 60.7 Å². The summed E-state index contributed by atoms with van der Waals surface area (Å²) in [5.41, 5.74) is 4.65. The Balaban J connectivity index is 1.39. The molecule has 0 amide bonds. The van der Waals surface area contributed by atoms with Crippen LogP contribution in [-0.4, -0.2) is 37.2 Å². The summed E-state index contributed by atoms with van der Waals surface area (Å²) < 4.78 is 31.7. The minimum Gasteiger partial charge on any atom is -0.497 e. The van der Waals surface area contributed by atoms with E-state index >= 15 is 4.39 Å². The van der Waals surface area contributed by atoms with Crippen molar-refractivity contribution < 1.29 is 23.4 Å². The number of carbonyl (C=O) groups is 1. The average Bonchev–Trinajstić information content (AvgIpc) is 3.77. The van der Waals surface area contributed by atoms with Crippen LogP contribution < -0.4 is 9.47 Å². The van der Waals surface area contributed by atoms with Gasteiger partial charge >= 0.3 is 5.97 Å². The van der Waals surface area contributed by atoms with E-state index in [0.29, 0.717) is 42.3 Å². The van der Waals surface area contributed by atoms with Crippen molar-refractivity contribution >= 4 is 5.97 Å². The van der Waals surface area contributed by atoms with E-state index in [1.807, 2.05) is 24.3 Å². The first-order valence-electron chi connectivity index (χ1n) is 14.4. The highest BCUT2D eigenvalue weighted by atomic mass is 19.1. The number of hydrogen-bond acceptors (Lipinski definition) is 5. The second-order valence-electron chi connectivity index (χ2n) is 11.4. The molecule has 3 aromatic rings. The fraction of sp³-hybridized carbons (Fsp3) is 0.441. The third kappa shape index (κ3) is 6.49. The maximum absolute atomic E-state index is 15.1. The minimum atomic E-state index is -0.262. The van der Waals surface area contributed by atoms with Crippen LogP contribution in [0.3, 0.4) is 0 Å². The monoisotopic (exact) mass is 545 g/mol. The zero-order chi connectivity index (χ0) is 28.2. The van der Waals surface area contributed by atoms with E-state index in [1.54, 1.807) is 19.2 Å². The summed E-state index contributed by atoms with van der Waals surface area (Å²) in [6.07, 6.45) is 5.01. The number of halogens is 1. The Morgan fingerprint density at radius 2 is 1.70 bits per heavy atom. The van der Waals surface area contributed by atoms with E-state index in [9.17, 15) is 4.79 Å². The van der Waals surface area contributed by atoms with Gasteiger partial charge in [-0.05, 0) is 104 Å². The van der Waals surface area contributed by atoms with Crippen LogP contribution in [-0.2, 0) is 22.7 Å². The van der Waals surface area contributed by atoms with E-state index < -0.39 is 0 Å². The smallest absolute Gasteiger partial charge is 0.306 e. The predicted molar refractivity (Wildman–Crippen MR) is 155 cm³/mol. The SMILES string of the molecule is COC(=O)C[C@H](c1cccc(OCc2ccc(-c3cc(OC)ccc3F)c(CN3[C@H](C)CC[C@H]3C)c2)c1)C1CC1. The van der Waals surface area contributed by atoms with Crippen molar-refractivity contribution in [2.75, 3.05) is 14.2 Å². The zero-order valence-corrected chi connectivity index (χ0v) is 24.0. The van der Waals surface area contributed by atoms with Crippen LogP contribution in [0.2, 0.25) is 0 Å². The van der Waals surface area contributed by atoms with Gasteiger partial charge in [0.2, 0.25) is 0 Å². The Morgan fingerprint density at radius 1 is 0.925 bits per heavy atom. The van der Waals surface area contributed by atoms with Crippen molar-refractivity contribution in [3.8, 4) is 22.6 Å². The second kappa shape index (κ2) is 12.4. The molecule has 0 unspecified atom stereocenters. The highest BCUT2D eigenvalue weighted by molar-refractivity contribution is 5.71. The lowest BCUT2D eigenvalue weighted by molar-refractivity contribution is -0.141. The van der Waals surface area contributed by atoms with Gasteiger partial charge in [0.05, 0.1) is 20.6 Å². The molecule has 1 saturated heterocycles. The van der Waals surface area contributed by atoms with Gasteiger partial charge in [-0.15, -0.1) is 0 Å². The fourth-order valence-corrected chi connectivity index (χ4v) is 6.04. The molecule has 40 heavy (non-hydrogen) atoms. The van der Waals surface area contributed by atoms with Crippen molar-refractivity contribution in [1.82, 2.24) is 4.90 Å². The molecule has 1 aliphatic heterocycles. The summed E-state index contributed by atoms with van der Waals surface area (Å²) in [6, 6.07) is 20.1. The van der Waals surface area contributed by atoms with Gasteiger partial charge in [-0.25, -0.2) is 4.39 Å². The fourth-order valence-electron chi connectivity index (χ4n) is 6.04. The van der Waals surface area contributed by atoms with Crippen LogP contribution in [0.25, 0.3) is 11.1 Å². The topological polar surface area (TPSA) is 48.0 Å². The average molecular weight is 546 g/mol. The highest BCUT2D eigenvalue weighted by Gasteiger charge is 2.34. The number of rotatable bonds is 11. The van der Waals surface area contributed by atoms with Crippen molar-refractivity contribution in [2.45, 2.75) is 77.1 Å². The number of ether oxygens (including phenoxy) is 3. The second-order valence-corrected chi connectivity index (χ2v) is 11.4. The third-order valence-corrected chi connectivity index (χ3v) is 8.62. The van der Waals surface area contributed by atoms with Crippen molar-refractivity contribution in [2.24, 2.45) is 5.92 Å². The van der Waals surface area contributed by atoms with E-state index in [-0.39, 0.29) is 17.7 Å². The number of esters is 1. The number of likely N-dealkylation sites (tertiary alicyclic amines) is 1. The van der Waals surface area contributed by atoms with E-state index in [1.165, 1.54) is 26.0 Å². The van der Waals surface area contributed by atoms with Gasteiger partial charge in [-0.2, -0.15) is 0 Å². The summed E-state index contributed by atoms with van der Waals surface area (Å²) >= 11 is 0. The highest BCUT2D eigenvalue weighted by Crippen LogP contribution is 2.45. The molecule has 0 bridgehead atoms. The molecule has 0 radical (unpaired) electrons. The van der Waals surface area contributed by atoms with E-state index in [2.05, 4.69) is 36.9 Å². The molecule has 3 aromatic carbocycles. The Bertz CT molecular complexity index is 1330. The first-order valence-corrected chi connectivity index (χ1v) is 14.4. The van der Waals surface area contributed by atoms with Crippen LogP contribution >= 0.6 is 0 Å². The maximum atomic E-state index is 15.1. The largest absolute Gasteiger partial charge is 0.497 e. The number of nitrogens with zero attached hydrogens (tertiary/aromatic N) is 1. The Kier molecular flexibility index (Phi) is 8.75. The molecule has 0 aromatic heterocycles. The molecule has 1 aliphatic carbocycles. The molecular formula is C34H40FNO4. The third-order valence-electron chi connectivity index (χ3n) is 8.62. The normalized spacial score (nSPS) is 19.8. The van der Waals surface area contributed by atoms with Gasteiger partial charge in [0.15, 0.2) is 0 Å². The molecule has 6 heteroatoms. The van der Waals surface area contributed by atoms with Crippen molar-refractivity contribution in [3.05, 3.63) is 83.2 Å². The first kappa shape index (κ1) is 28.2. The van der Waals surface area contributed by atoms with Gasteiger partial charge in [0, 0.05) is 24.2 Å². The first-order chi connectivity index (χ1) is 19.4. The minimum absolute atomic E-state index is 0.157. The Morgan fingerprint density at radius 3 is 2.40 bits per heavy atom. The lowest BCUT2D eigenvalue weighted by Crippen LogP contribution is -2.32. The van der Waals surface area contributed by atoms with Gasteiger partial charge in [0.25, 0.3) is 0 Å². The van der Waals surface area contributed by atoms with Gasteiger partial charge < -0.3 is 14.2 Å². The summed E-state index contributed by atoms with van der Waals surface area (Å²) in [5, 5.41) is 0. The number of methoxy groups -OCH3 is 2. The van der Waals surface area contributed by atoms with Crippen molar-refractivity contribution in [3.63, 3.8) is 0 Å². The van der Waals surface area contributed by atoms with Crippen LogP contribution in [0.5, 0.6) is 11.5 Å². The van der Waals surface area contributed by atoms with E-state index in [4.69, 9.17) is 14.2 Å². The van der Waals surface area contributed by atoms with Crippen LogP contribution in [0.1, 0.15) is 68.6 Å². The van der Waals surface area contributed by atoms with Crippen molar-refractivity contribution in [1.29, 1.82) is 0 Å². The van der Waals surface area contributed by atoms with Gasteiger partial charge in [-0.3, -0.25) is 9.69 Å². The molecular weight excluding hydrogens is 505 g/mol. The molecule has 0 N–H and O–H groups in total. The zero-order valence-electron chi connectivity index (χ0n) is 24.0. The van der Waals surface area contributed by atoms with Crippen LogP contribution in [0.4, 0.5) is 4.39 Å². The predicted octanol–water partition coefficient (Wildman–Crippen LogP) is 7.51.